The van der Waals surface area contributed by atoms with E-state index in [1.54, 1.807) is 7.11 Å². The van der Waals surface area contributed by atoms with E-state index >= 15 is 0 Å². The molecule has 25 heavy (non-hydrogen) atoms. The molecular formula is C19H21N3O3. The van der Waals surface area contributed by atoms with E-state index in [1.807, 2.05) is 30.4 Å². The smallest absolute Gasteiger partial charge is 0.407 e. The van der Waals surface area contributed by atoms with Gasteiger partial charge in [0.25, 0.3) is 0 Å². The number of fused-ring (bicyclic) bond motifs is 1. The number of nitrogens with zero attached hydrogens (tertiary/aromatic N) is 3. The number of carbonyl (C=O) groups is 1. The van der Waals surface area contributed by atoms with Crippen LogP contribution in [-0.4, -0.2) is 46.5 Å². The summed E-state index contributed by atoms with van der Waals surface area (Å²) in [5, 5.41) is 19.5. The number of nitriles is 1. The zero-order chi connectivity index (χ0) is 18.0. The molecule has 1 N–H and O–H groups in total. The lowest BCUT2D eigenvalue weighted by molar-refractivity contribution is 0.103. The first-order valence-corrected chi connectivity index (χ1v) is 8.31. The summed E-state index contributed by atoms with van der Waals surface area (Å²) in [4.78, 5) is 12.8. The topological polar surface area (TPSA) is 78.5 Å². The third kappa shape index (κ3) is 3.24. The fourth-order valence-corrected chi connectivity index (χ4v) is 3.45. The van der Waals surface area contributed by atoms with Gasteiger partial charge < -0.3 is 14.4 Å². The fourth-order valence-electron chi connectivity index (χ4n) is 3.45. The van der Waals surface area contributed by atoms with Crippen molar-refractivity contribution in [2.45, 2.75) is 32.0 Å². The van der Waals surface area contributed by atoms with E-state index in [9.17, 15) is 9.90 Å². The first kappa shape index (κ1) is 17.1. The quantitative estimate of drug-likeness (QED) is 0.927. The second kappa shape index (κ2) is 6.99. The minimum atomic E-state index is -0.927. The maximum Gasteiger partial charge on any atom is 0.407 e. The summed E-state index contributed by atoms with van der Waals surface area (Å²) in [6.45, 7) is 3.21. The van der Waals surface area contributed by atoms with Crippen molar-refractivity contribution in [3.8, 4) is 6.07 Å². The number of ether oxygens (including phenoxy) is 1. The van der Waals surface area contributed by atoms with Crippen molar-refractivity contribution in [2.75, 3.05) is 13.7 Å². The highest BCUT2D eigenvalue weighted by atomic mass is 16.5. The molecule has 1 aromatic carbocycles. The molecule has 1 aliphatic rings. The molecule has 2 atom stereocenters. The number of hydrogen-bond donors (Lipinski definition) is 1. The van der Waals surface area contributed by atoms with Crippen LogP contribution >= 0.6 is 0 Å². The van der Waals surface area contributed by atoms with Gasteiger partial charge in [-0.25, -0.2) is 4.79 Å². The van der Waals surface area contributed by atoms with Gasteiger partial charge in [0.05, 0.1) is 30.3 Å². The Morgan fingerprint density at radius 2 is 2.28 bits per heavy atom. The summed E-state index contributed by atoms with van der Waals surface area (Å²) < 4.78 is 7.44. The number of rotatable bonds is 4. The molecule has 0 saturated carbocycles. The van der Waals surface area contributed by atoms with Crippen LogP contribution in [0, 0.1) is 11.3 Å². The normalized spacial score (nSPS) is 20.4. The van der Waals surface area contributed by atoms with Crippen molar-refractivity contribution >= 4 is 23.1 Å². The molecule has 1 aromatic heterocycles. The molecule has 1 fully saturated rings. The molecule has 2 heterocycles. The van der Waals surface area contributed by atoms with Crippen molar-refractivity contribution in [3.05, 3.63) is 41.6 Å². The second-order valence-electron chi connectivity index (χ2n) is 6.15. The van der Waals surface area contributed by atoms with E-state index in [0.29, 0.717) is 18.5 Å². The Morgan fingerprint density at radius 3 is 2.92 bits per heavy atom. The van der Waals surface area contributed by atoms with Crippen molar-refractivity contribution in [1.29, 1.82) is 5.26 Å². The number of amides is 1. The Morgan fingerprint density at radius 1 is 1.48 bits per heavy atom. The Kier molecular flexibility index (Phi) is 4.77. The lowest BCUT2D eigenvalue weighted by Gasteiger charge is -2.17. The maximum atomic E-state index is 11.4. The van der Waals surface area contributed by atoms with E-state index in [-0.39, 0.29) is 12.1 Å². The number of likely N-dealkylation sites (tertiary alicyclic amines) is 1. The summed E-state index contributed by atoms with van der Waals surface area (Å²) in [7, 11) is 1.61. The summed E-state index contributed by atoms with van der Waals surface area (Å²) in [6, 6.07) is 9.67. The highest BCUT2D eigenvalue weighted by molar-refractivity contribution is 5.85. The number of aromatic nitrogens is 1. The van der Waals surface area contributed by atoms with E-state index in [1.165, 1.54) is 4.90 Å². The standard InChI is InChI=1S/C19H21N3O3/c1-3-21-15(9-14-5-4-13(11-20)8-18(14)21)6-7-16-10-17(25-2)12-22(16)19(23)24/h4-9,16-17H,3,10,12H2,1-2H3,(H,23,24). The molecule has 6 nitrogen and oxygen atoms in total. The largest absolute Gasteiger partial charge is 0.465 e. The Labute approximate surface area is 146 Å². The number of carboxylic acid groups (broad SMARTS) is 1. The van der Waals surface area contributed by atoms with Gasteiger partial charge >= 0.3 is 6.09 Å². The maximum absolute atomic E-state index is 11.4. The van der Waals surface area contributed by atoms with Gasteiger partial charge in [-0.1, -0.05) is 12.1 Å². The predicted molar refractivity (Wildman–Crippen MR) is 95.3 cm³/mol. The van der Waals surface area contributed by atoms with Crippen LogP contribution < -0.4 is 0 Å². The number of benzene rings is 1. The molecule has 1 aliphatic heterocycles. The lowest BCUT2D eigenvalue weighted by Crippen LogP contribution is -2.33. The van der Waals surface area contributed by atoms with Gasteiger partial charge in [0.1, 0.15) is 0 Å². The number of aryl methyl sites for hydroxylation is 1. The Hall–Kier alpha value is -2.78. The summed E-state index contributed by atoms with van der Waals surface area (Å²) in [6.07, 6.45) is 3.56. The Balaban J connectivity index is 1.93. The molecule has 1 saturated heterocycles. The second-order valence-corrected chi connectivity index (χ2v) is 6.15. The van der Waals surface area contributed by atoms with Crippen LogP contribution in [0.1, 0.15) is 24.6 Å². The number of hydrogen-bond acceptors (Lipinski definition) is 3. The molecule has 0 bridgehead atoms. The van der Waals surface area contributed by atoms with Crippen molar-refractivity contribution in [2.24, 2.45) is 0 Å². The predicted octanol–water partition coefficient (Wildman–Crippen LogP) is 3.31. The zero-order valence-corrected chi connectivity index (χ0v) is 14.3. The summed E-state index contributed by atoms with van der Waals surface area (Å²) in [5.74, 6) is 0. The highest BCUT2D eigenvalue weighted by Gasteiger charge is 2.33. The van der Waals surface area contributed by atoms with Gasteiger partial charge in [-0.2, -0.15) is 5.26 Å². The molecule has 0 radical (unpaired) electrons. The minimum absolute atomic E-state index is 0.0685. The molecule has 0 spiro atoms. The van der Waals surface area contributed by atoms with Gasteiger partial charge in [-0.3, -0.25) is 4.90 Å². The third-order valence-electron chi connectivity index (χ3n) is 4.75. The van der Waals surface area contributed by atoms with Gasteiger partial charge in [0, 0.05) is 30.3 Å². The van der Waals surface area contributed by atoms with Gasteiger partial charge in [0.15, 0.2) is 0 Å². The fraction of sp³-hybridized carbons (Fsp3) is 0.368. The molecular weight excluding hydrogens is 318 g/mol. The van der Waals surface area contributed by atoms with Gasteiger partial charge in [0.2, 0.25) is 0 Å². The first-order chi connectivity index (χ1) is 12.1. The SMILES string of the molecule is CCn1c(C=CC2CC(OC)CN2C(=O)O)cc2ccc(C#N)cc21. The molecule has 6 heteroatoms. The van der Waals surface area contributed by atoms with E-state index in [4.69, 9.17) is 10.00 Å². The number of methoxy groups -OCH3 is 1. The van der Waals surface area contributed by atoms with Crippen LogP contribution in [0.2, 0.25) is 0 Å². The molecule has 1 amide bonds. The first-order valence-electron chi connectivity index (χ1n) is 8.31. The van der Waals surface area contributed by atoms with Crippen LogP contribution in [0.4, 0.5) is 4.79 Å². The van der Waals surface area contributed by atoms with E-state index in [2.05, 4.69) is 23.6 Å². The van der Waals surface area contributed by atoms with Crippen molar-refractivity contribution < 1.29 is 14.6 Å². The van der Waals surface area contributed by atoms with E-state index < -0.39 is 6.09 Å². The average molecular weight is 339 g/mol. The van der Waals surface area contributed by atoms with E-state index in [0.717, 1.165) is 23.1 Å². The average Bonchev–Trinajstić information content (AvgIpc) is 3.19. The summed E-state index contributed by atoms with van der Waals surface area (Å²) in [5.41, 5.74) is 2.64. The molecule has 2 aromatic rings. The zero-order valence-electron chi connectivity index (χ0n) is 14.3. The molecule has 2 unspecified atom stereocenters. The molecule has 0 aliphatic carbocycles. The lowest BCUT2D eigenvalue weighted by atomic mass is 10.1. The highest BCUT2D eigenvalue weighted by Crippen LogP contribution is 2.25. The monoisotopic (exact) mass is 339 g/mol. The van der Waals surface area contributed by atoms with Gasteiger partial charge in [-0.05, 0) is 37.6 Å². The van der Waals surface area contributed by atoms with Crippen molar-refractivity contribution in [3.63, 3.8) is 0 Å². The molecule has 130 valence electrons. The third-order valence-corrected chi connectivity index (χ3v) is 4.75. The van der Waals surface area contributed by atoms with Gasteiger partial charge in [-0.15, -0.1) is 0 Å². The Bertz CT molecular complexity index is 863. The van der Waals surface area contributed by atoms with Crippen LogP contribution in [0.15, 0.2) is 30.3 Å². The van der Waals surface area contributed by atoms with Crippen LogP contribution in [0.25, 0.3) is 17.0 Å². The van der Waals surface area contributed by atoms with Crippen LogP contribution in [-0.2, 0) is 11.3 Å². The molecule has 3 rings (SSSR count). The summed E-state index contributed by atoms with van der Waals surface area (Å²) >= 11 is 0. The minimum Gasteiger partial charge on any atom is -0.465 e. The van der Waals surface area contributed by atoms with Crippen LogP contribution in [0.5, 0.6) is 0 Å². The van der Waals surface area contributed by atoms with Crippen molar-refractivity contribution in [1.82, 2.24) is 9.47 Å². The van der Waals surface area contributed by atoms with Crippen LogP contribution in [0.3, 0.4) is 0 Å².